The lowest BCUT2D eigenvalue weighted by Crippen LogP contribution is -2.48. The molecule has 0 bridgehead atoms. The third-order valence-electron chi connectivity index (χ3n) is 3.90. The van der Waals surface area contributed by atoms with Gasteiger partial charge in [-0.1, -0.05) is 30.3 Å². The number of nitrogens with one attached hydrogen (secondary N) is 1. The van der Waals surface area contributed by atoms with Crippen molar-refractivity contribution < 1.29 is 23.5 Å². The van der Waals surface area contributed by atoms with Gasteiger partial charge in [0, 0.05) is 0 Å². The molecule has 1 aromatic heterocycles. The SMILES string of the molecule is O=C1CC(N2C(=O)COc3c(-c4ccccc4)coc32)C(=O)N1. The highest BCUT2D eigenvalue weighted by Crippen LogP contribution is 2.44. The first-order valence-electron chi connectivity index (χ1n) is 7.10. The van der Waals surface area contributed by atoms with Gasteiger partial charge in [0.1, 0.15) is 12.3 Å². The highest BCUT2D eigenvalue weighted by Gasteiger charge is 2.44. The maximum atomic E-state index is 12.2. The molecule has 3 heterocycles. The van der Waals surface area contributed by atoms with Crippen molar-refractivity contribution in [1.29, 1.82) is 0 Å². The quantitative estimate of drug-likeness (QED) is 0.838. The topological polar surface area (TPSA) is 88.8 Å². The zero-order valence-electron chi connectivity index (χ0n) is 11.9. The van der Waals surface area contributed by atoms with Crippen LogP contribution in [0.25, 0.3) is 11.1 Å². The van der Waals surface area contributed by atoms with Crippen LogP contribution in [-0.2, 0) is 14.4 Å². The van der Waals surface area contributed by atoms with Crippen molar-refractivity contribution in [3.63, 3.8) is 0 Å². The third-order valence-corrected chi connectivity index (χ3v) is 3.90. The van der Waals surface area contributed by atoms with Gasteiger partial charge in [0.15, 0.2) is 12.4 Å². The van der Waals surface area contributed by atoms with E-state index in [4.69, 9.17) is 9.15 Å². The van der Waals surface area contributed by atoms with E-state index < -0.39 is 23.8 Å². The number of furan rings is 1. The molecule has 2 aliphatic heterocycles. The molecule has 7 heteroatoms. The fourth-order valence-electron chi connectivity index (χ4n) is 2.84. The maximum Gasteiger partial charge on any atom is 0.268 e. The first-order chi connectivity index (χ1) is 11.1. The average Bonchev–Trinajstić information content (AvgIpc) is 3.11. The van der Waals surface area contributed by atoms with Gasteiger partial charge < -0.3 is 9.15 Å². The van der Waals surface area contributed by atoms with Crippen LogP contribution in [0.1, 0.15) is 6.42 Å². The molecule has 0 radical (unpaired) electrons. The molecule has 2 aromatic rings. The molecule has 1 atom stereocenters. The maximum absolute atomic E-state index is 12.2. The van der Waals surface area contributed by atoms with Gasteiger partial charge in [-0.25, -0.2) is 0 Å². The Morgan fingerprint density at radius 1 is 1.13 bits per heavy atom. The van der Waals surface area contributed by atoms with Crippen LogP contribution in [0.4, 0.5) is 5.88 Å². The largest absolute Gasteiger partial charge is 0.477 e. The number of amides is 3. The summed E-state index contributed by atoms with van der Waals surface area (Å²) in [5, 5.41) is 2.20. The molecule has 1 N–H and O–H groups in total. The summed E-state index contributed by atoms with van der Waals surface area (Å²) >= 11 is 0. The zero-order chi connectivity index (χ0) is 16.0. The second-order valence-corrected chi connectivity index (χ2v) is 5.33. The van der Waals surface area contributed by atoms with E-state index in [2.05, 4.69) is 5.32 Å². The molecule has 0 aliphatic carbocycles. The summed E-state index contributed by atoms with van der Waals surface area (Å²) in [7, 11) is 0. The Morgan fingerprint density at radius 2 is 1.91 bits per heavy atom. The minimum atomic E-state index is -0.896. The Labute approximate surface area is 130 Å². The van der Waals surface area contributed by atoms with Crippen molar-refractivity contribution in [2.24, 2.45) is 0 Å². The van der Waals surface area contributed by atoms with Crippen LogP contribution in [0, 0.1) is 0 Å². The van der Waals surface area contributed by atoms with Crippen LogP contribution in [0.15, 0.2) is 41.0 Å². The number of hydrogen-bond donors (Lipinski definition) is 1. The van der Waals surface area contributed by atoms with Crippen LogP contribution < -0.4 is 15.0 Å². The molecule has 116 valence electrons. The van der Waals surface area contributed by atoms with Crippen LogP contribution in [0.2, 0.25) is 0 Å². The Kier molecular flexibility index (Phi) is 2.94. The summed E-state index contributed by atoms with van der Waals surface area (Å²) in [6, 6.07) is 8.53. The van der Waals surface area contributed by atoms with Crippen molar-refractivity contribution in [3.8, 4) is 16.9 Å². The van der Waals surface area contributed by atoms with Crippen LogP contribution in [0.5, 0.6) is 5.75 Å². The molecule has 1 unspecified atom stereocenters. The van der Waals surface area contributed by atoms with Gasteiger partial charge >= 0.3 is 0 Å². The Hall–Kier alpha value is -3.09. The summed E-state index contributed by atoms with van der Waals surface area (Å²) < 4.78 is 11.0. The van der Waals surface area contributed by atoms with Gasteiger partial charge in [-0.05, 0) is 5.56 Å². The number of imide groups is 1. The van der Waals surface area contributed by atoms with Gasteiger partial charge in [-0.3, -0.25) is 24.6 Å². The smallest absolute Gasteiger partial charge is 0.268 e. The van der Waals surface area contributed by atoms with Crippen LogP contribution in [-0.4, -0.2) is 30.4 Å². The number of nitrogens with zero attached hydrogens (tertiary/aromatic N) is 1. The lowest BCUT2D eigenvalue weighted by atomic mass is 10.1. The molecule has 2 aliphatic rings. The molecular weight excluding hydrogens is 300 g/mol. The molecule has 23 heavy (non-hydrogen) atoms. The summed E-state index contributed by atoms with van der Waals surface area (Å²) in [6.07, 6.45) is 1.41. The van der Waals surface area contributed by atoms with E-state index in [0.29, 0.717) is 11.3 Å². The van der Waals surface area contributed by atoms with E-state index in [1.54, 1.807) is 0 Å². The Balaban J connectivity index is 1.78. The molecule has 3 amide bonds. The predicted octanol–water partition coefficient (Wildman–Crippen LogP) is 1.09. The fourth-order valence-corrected chi connectivity index (χ4v) is 2.84. The molecule has 0 saturated carbocycles. The van der Waals surface area contributed by atoms with Crippen molar-refractivity contribution in [3.05, 3.63) is 36.6 Å². The standard InChI is InChI=1S/C16H12N2O5/c19-12-6-11(15(21)17-12)18-13(20)8-22-14-10(7-23-16(14)18)9-4-2-1-3-5-9/h1-5,7,11H,6,8H2,(H,17,19,21). The number of fused-ring (bicyclic) bond motifs is 1. The Morgan fingerprint density at radius 3 is 2.61 bits per heavy atom. The number of ether oxygens (including phenoxy) is 1. The molecule has 0 spiro atoms. The molecular formula is C16H12N2O5. The fraction of sp³-hybridized carbons (Fsp3) is 0.188. The number of carbonyl (C=O) groups is 3. The van der Waals surface area contributed by atoms with Crippen molar-refractivity contribution >= 4 is 23.6 Å². The number of hydrogen-bond acceptors (Lipinski definition) is 5. The second-order valence-electron chi connectivity index (χ2n) is 5.33. The van der Waals surface area contributed by atoms with E-state index in [9.17, 15) is 14.4 Å². The van der Waals surface area contributed by atoms with Crippen molar-refractivity contribution in [1.82, 2.24) is 5.32 Å². The third kappa shape index (κ3) is 2.09. The van der Waals surface area contributed by atoms with E-state index in [1.807, 2.05) is 30.3 Å². The number of carbonyl (C=O) groups excluding carboxylic acids is 3. The van der Waals surface area contributed by atoms with E-state index in [1.165, 1.54) is 11.2 Å². The van der Waals surface area contributed by atoms with Crippen molar-refractivity contribution in [2.75, 3.05) is 11.5 Å². The van der Waals surface area contributed by atoms with Crippen LogP contribution >= 0.6 is 0 Å². The highest BCUT2D eigenvalue weighted by atomic mass is 16.5. The van der Waals surface area contributed by atoms with Crippen LogP contribution in [0.3, 0.4) is 0 Å². The first kappa shape index (κ1) is 13.6. The summed E-state index contributed by atoms with van der Waals surface area (Å²) in [6.45, 7) is -0.204. The summed E-state index contributed by atoms with van der Waals surface area (Å²) in [4.78, 5) is 36.7. The number of anilines is 1. The van der Waals surface area contributed by atoms with Gasteiger partial charge in [0.05, 0.1) is 12.0 Å². The lowest BCUT2D eigenvalue weighted by molar-refractivity contribution is -0.127. The molecule has 1 aromatic carbocycles. The van der Waals surface area contributed by atoms with Gasteiger partial charge in [0.25, 0.3) is 5.91 Å². The molecule has 4 rings (SSSR count). The zero-order valence-corrected chi connectivity index (χ0v) is 11.9. The lowest BCUT2D eigenvalue weighted by Gasteiger charge is -2.28. The monoisotopic (exact) mass is 312 g/mol. The summed E-state index contributed by atoms with van der Waals surface area (Å²) in [5.41, 5.74) is 1.57. The van der Waals surface area contributed by atoms with Gasteiger partial charge in [-0.15, -0.1) is 0 Å². The predicted molar refractivity (Wildman–Crippen MR) is 78.7 cm³/mol. The van der Waals surface area contributed by atoms with Gasteiger partial charge in [0.2, 0.25) is 17.7 Å². The minimum Gasteiger partial charge on any atom is -0.477 e. The normalized spacial score (nSPS) is 20.3. The van der Waals surface area contributed by atoms with E-state index in [-0.39, 0.29) is 18.9 Å². The summed E-state index contributed by atoms with van der Waals surface area (Å²) in [5.74, 6) is -0.760. The molecule has 7 nitrogen and oxygen atoms in total. The first-order valence-corrected chi connectivity index (χ1v) is 7.10. The van der Waals surface area contributed by atoms with E-state index >= 15 is 0 Å². The van der Waals surface area contributed by atoms with E-state index in [0.717, 1.165) is 5.56 Å². The molecule has 1 fully saturated rings. The molecule has 1 saturated heterocycles. The number of benzene rings is 1. The number of rotatable bonds is 2. The van der Waals surface area contributed by atoms with Crippen molar-refractivity contribution in [2.45, 2.75) is 12.5 Å². The van der Waals surface area contributed by atoms with Gasteiger partial charge in [-0.2, -0.15) is 0 Å². The second kappa shape index (κ2) is 4.98. The highest BCUT2D eigenvalue weighted by molar-refractivity contribution is 6.12. The Bertz CT molecular complexity index is 811. The average molecular weight is 312 g/mol. The minimum absolute atomic E-state index is 0.0780.